The quantitative estimate of drug-likeness (QED) is 0.274. The maximum Gasteiger partial charge on any atom is 0.254 e. The number of carbonyl (C=O) groups excluding carboxylic acids is 2. The van der Waals surface area contributed by atoms with Gasteiger partial charge in [-0.2, -0.15) is 10.1 Å². The van der Waals surface area contributed by atoms with Crippen molar-refractivity contribution in [3.8, 4) is 11.5 Å². The Hall–Kier alpha value is -1.90. The fraction of sp³-hybridized carbons (Fsp3) is 0.476. The number of hydrazone groups is 1. The largest absolute Gasteiger partial charge is 0.492 e. The number of methoxy groups -OCH3 is 1. The van der Waals surface area contributed by atoms with E-state index in [9.17, 15) is 9.59 Å². The zero-order valence-corrected chi connectivity index (χ0v) is 17.9. The van der Waals surface area contributed by atoms with Crippen LogP contribution in [0.15, 0.2) is 29.4 Å². The summed E-state index contributed by atoms with van der Waals surface area (Å²) in [4.78, 5) is 25.9. The van der Waals surface area contributed by atoms with Crippen LogP contribution in [0.2, 0.25) is 0 Å². The molecule has 146 valence electrons. The highest BCUT2D eigenvalue weighted by molar-refractivity contribution is 14.1. The van der Waals surface area contributed by atoms with Crippen molar-refractivity contribution < 1.29 is 19.1 Å². The number of benzene rings is 1. The van der Waals surface area contributed by atoms with E-state index in [1.807, 2.05) is 19.1 Å². The van der Waals surface area contributed by atoms with Crippen LogP contribution in [-0.2, 0) is 9.59 Å². The van der Waals surface area contributed by atoms with E-state index in [0.29, 0.717) is 18.1 Å². The van der Waals surface area contributed by atoms with Crippen molar-refractivity contribution >= 4 is 40.6 Å². The first-order valence-electron chi connectivity index (χ1n) is 9.62. The normalized spacial score (nSPS) is 31.3. The lowest BCUT2D eigenvalue weighted by atomic mass is 9.85. The number of amides is 2. The van der Waals surface area contributed by atoms with Gasteiger partial charge in [-0.15, -0.1) is 0 Å². The molecule has 4 aliphatic rings. The van der Waals surface area contributed by atoms with Gasteiger partial charge in [0.05, 0.1) is 35.3 Å². The van der Waals surface area contributed by atoms with Gasteiger partial charge in [0.1, 0.15) is 0 Å². The lowest BCUT2D eigenvalue weighted by Gasteiger charge is -2.18. The molecule has 7 heteroatoms. The Balaban J connectivity index is 1.41. The van der Waals surface area contributed by atoms with Crippen molar-refractivity contribution in [3.05, 3.63) is 33.4 Å². The summed E-state index contributed by atoms with van der Waals surface area (Å²) in [7, 11) is 1.60. The van der Waals surface area contributed by atoms with E-state index in [-0.39, 0.29) is 40.9 Å². The first-order chi connectivity index (χ1) is 13.5. The van der Waals surface area contributed by atoms with Gasteiger partial charge >= 0.3 is 0 Å². The van der Waals surface area contributed by atoms with E-state index < -0.39 is 0 Å². The summed E-state index contributed by atoms with van der Waals surface area (Å²) in [6.07, 6.45) is 8.16. The number of hydrogen-bond acceptors (Lipinski definition) is 5. The molecule has 1 spiro atoms. The Morgan fingerprint density at radius 2 is 1.86 bits per heavy atom. The standard InChI is InChI=1S/C21H21IN2O4/c1-3-28-15-9-11(8-14(22)18(15)27-2)10-23-24-19(25)16-12-4-5-13(17(16)20(24)26)21(12)6-7-21/h4-5,8-10,12-13,16-17H,3,6-7H2,1-2H3/b23-10-/t12-,13-,16-,17-/m1/s1. The molecule has 1 aliphatic heterocycles. The van der Waals surface area contributed by atoms with E-state index in [1.54, 1.807) is 13.3 Å². The number of carbonyl (C=O) groups is 2. The van der Waals surface area contributed by atoms with Crippen molar-refractivity contribution in [2.24, 2.45) is 34.2 Å². The van der Waals surface area contributed by atoms with Crippen LogP contribution in [0.1, 0.15) is 25.3 Å². The molecule has 2 saturated carbocycles. The third kappa shape index (κ3) is 2.34. The number of imide groups is 1. The zero-order chi connectivity index (χ0) is 19.6. The molecule has 0 unspecified atom stereocenters. The molecule has 3 aliphatic carbocycles. The summed E-state index contributed by atoms with van der Waals surface area (Å²) in [5, 5.41) is 5.37. The third-order valence-electron chi connectivity index (χ3n) is 6.69. The maximum atomic E-state index is 13.0. The molecule has 4 atom stereocenters. The Labute approximate surface area is 177 Å². The number of fused-ring (bicyclic) bond motifs is 3. The van der Waals surface area contributed by atoms with E-state index in [0.717, 1.165) is 27.0 Å². The van der Waals surface area contributed by atoms with Gasteiger partial charge < -0.3 is 9.47 Å². The summed E-state index contributed by atoms with van der Waals surface area (Å²) < 4.78 is 11.9. The van der Waals surface area contributed by atoms with Gasteiger partial charge in [0.25, 0.3) is 11.8 Å². The number of halogens is 1. The van der Waals surface area contributed by atoms with Crippen molar-refractivity contribution in [1.82, 2.24) is 5.01 Å². The average Bonchev–Trinajstić information content (AvgIpc) is 3.27. The highest BCUT2D eigenvalue weighted by Gasteiger charge is 2.73. The first kappa shape index (κ1) is 18.1. The van der Waals surface area contributed by atoms with Crippen LogP contribution in [0.3, 0.4) is 0 Å². The van der Waals surface area contributed by atoms with Gasteiger partial charge in [-0.1, -0.05) is 12.2 Å². The number of nitrogens with zero attached hydrogens (tertiary/aromatic N) is 2. The van der Waals surface area contributed by atoms with Crippen LogP contribution in [0, 0.1) is 32.7 Å². The van der Waals surface area contributed by atoms with E-state index in [2.05, 4.69) is 39.8 Å². The highest BCUT2D eigenvalue weighted by atomic mass is 127. The third-order valence-corrected chi connectivity index (χ3v) is 7.49. The summed E-state index contributed by atoms with van der Waals surface area (Å²) in [6.45, 7) is 2.42. The van der Waals surface area contributed by atoms with Crippen LogP contribution < -0.4 is 9.47 Å². The van der Waals surface area contributed by atoms with Crippen LogP contribution in [-0.4, -0.2) is 36.8 Å². The minimum atomic E-state index is -0.225. The summed E-state index contributed by atoms with van der Waals surface area (Å²) in [5.41, 5.74) is 0.959. The van der Waals surface area contributed by atoms with Crippen LogP contribution >= 0.6 is 22.6 Å². The molecule has 3 fully saturated rings. The fourth-order valence-corrected chi connectivity index (χ4v) is 6.27. The summed E-state index contributed by atoms with van der Waals surface area (Å²) in [5.74, 6) is 0.961. The predicted octanol–water partition coefficient (Wildman–Crippen LogP) is 3.23. The second-order valence-electron chi connectivity index (χ2n) is 7.92. The molecule has 0 radical (unpaired) electrons. The van der Waals surface area contributed by atoms with Gasteiger partial charge in [-0.05, 0) is 77.3 Å². The molecule has 0 N–H and O–H groups in total. The lowest BCUT2D eigenvalue weighted by molar-refractivity contribution is -0.141. The fourth-order valence-electron chi connectivity index (χ4n) is 5.42. The van der Waals surface area contributed by atoms with Gasteiger partial charge in [0.15, 0.2) is 11.5 Å². The Morgan fingerprint density at radius 1 is 1.21 bits per heavy atom. The molecule has 0 aromatic heterocycles. The van der Waals surface area contributed by atoms with Gasteiger partial charge in [-0.3, -0.25) is 9.59 Å². The summed E-state index contributed by atoms with van der Waals surface area (Å²) >= 11 is 2.17. The van der Waals surface area contributed by atoms with Gasteiger partial charge in [0.2, 0.25) is 0 Å². The van der Waals surface area contributed by atoms with Crippen molar-refractivity contribution in [2.75, 3.05) is 13.7 Å². The van der Waals surface area contributed by atoms with Gasteiger partial charge in [-0.25, -0.2) is 0 Å². The topological polar surface area (TPSA) is 68.2 Å². The van der Waals surface area contributed by atoms with Crippen molar-refractivity contribution in [3.63, 3.8) is 0 Å². The van der Waals surface area contributed by atoms with Crippen LogP contribution in [0.25, 0.3) is 0 Å². The molecule has 2 bridgehead atoms. The first-order valence-corrected chi connectivity index (χ1v) is 10.7. The van der Waals surface area contributed by atoms with E-state index in [4.69, 9.17) is 9.47 Å². The Kier molecular flexibility index (Phi) is 4.08. The van der Waals surface area contributed by atoms with Crippen LogP contribution in [0.4, 0.5) is 0 Å². The predicted molar refractivity (Wildman–Crippen MR) is 111 cm³/mol. The maximum absolute atomic E-state index is 13.0. The molecule has 28 heavy (non-hydrogen) atoms. The molecule has 6 nitrogen and oxygen atoms in total. The minimum absolute atomic E-state index is 0.150. The number of allylic oxidation sites excluding steroid dienone is 2. The Morgan fingerprint density at radius 3 is 2.39 bits per heavy atom. The number of hydrogen-bond donors (Lipinski definition) is 0. The summed E-state index contributed by atoms with van der Waals surface area (Å²) in [6, 6.07) is 3.70. The van der Waals surface area contributed by atoms with E-state index >= 15 is 0 Å². The minimum Gasteiger partial charge on any atom is -0.492 e. The SMILES string of the molecule is CCOc1cc(/C=N\N2C(=O)[C@H]3[C@H](C2=O)[C@H]2C=C[C@H]3C23CC3)cc(I)c1OC. The molecule has 1 heterocycles. The molecule has 1 saturated heterocycles. The van der Waals surface area contributed by atoms with Crippen molar-refractivity contribution in [1.29, 1.82) is 0 Å². The number of rotatable bonds is 5. The second-order valence-corrected chi connectivity index (χ2v) is 9.08. The van der Waals surface area contributed by atoms with Crippen molar-refractivity contribution in [2.45, 2.75) is 19.8 Å². The zero-order valence-electron chi connectivity index (χ0n) is 15.7. The molecule has 1 aromatic rings. The second kappa shape index (κ2) is 6.30. The Bertz CT molecular complexity index is 903. The van der Waals surface area contributed by atoms with E-state index in [1.165, 1.54) is 0 Å². The molecular weight excluding hydrogens is 471 g/mol. The molecule has 1 aromatic carbocycles. The smallest absolute Gasteiger partial charge is 0.254 e. The number of ether oxygens (including phenoxy) is 2. The highest BCUT2D eigenvalue weighted by Crippen LogP contribution is 2.73. The van der Waals surface area contributed by atoms with Crippen LogP contribution in [0.5, 0.6) is 11.5 Å². The average molecular weight is 492 g/mol. The molecule has 2 amide bonds. The molecule has 5 rings (SSSR count). The monoisotopic (exact) mass is 492 g/mol. The molecular formula is C21H21IN2O4. The lowest BCUT2D eigenvalue weighted by Crippen LogP contribution is -2.30. The van der Waals surface area contributed by atoms with Gasteiger partial charge in [0, 0.05) is 0 Å².